The van der Waals surface area contributed by atoms with Gasteiger partial charge in [-0.05, 0) is 30.7 Å². The highest BCUT2D eigenvalue weighted by atomic mass is 16.3. The van der Waals surface area contributed by atoms with Gasteiger partial charge in [0.15, 0.2) is 0 Å². The monoisotopic (exact) mass is 260 g/mol. The van der Waals surface area contributed by atoms with E-state index in [2.05, 4.69) is 0 Å². The Balaban J connectivity index is 1.71. The number of carbonyl (C=O) groups is 1. The minimum absolute atomic E-state index is 0.196. The van der Waals surface area contributed by atoms with Crippen molar-refractivity contribution in [3.8, 4) is 0 Å². The molecular formula is C17H24O2. The molecule has 1 aromatic carbocycles. The molecule has 1 N–H and O–H groups in total. The fourth-order valence-corrected chi connectivity index (χ4v) is 2.95. The van der Waals surface area contributed by atoms with Crippen LogP contribution in [0.3, 0.4) is 0 Å². The van der Waals surface area contributed by atoms with E-state index in [9.17, 15) is 9.90 Å². The molecule has 1 aromatic rings. The van der Waals surface area contributed by atoms with Gasteiger partial charge < -0.3 is 5.11 Å². The smallest absolute Gasteiger partial charge is 0.135 e. The summed E-state index contributed by atoms with van der Waals surface area (Å²) in [6.07, 6.45) is 7.15. The van der Waals surface area contributed by atoms with Crippen LogP contribution < -0.4 is 0 Å². The van der Waals surface area contributed by atoms with Crippen LogP contribution in [0.4, 0.5) is 0 Å². The van der Waals surface area contributed by atoms with Crippen LogP contribution in [0.15, 0.2) is 30.3 Å². The molecule has 0 radical (unpaired) electrons. The Bertz CT molecular complexity index is 380. The number of carbonyl (C=O) groups excluding carboxylic acids is 1. The molecule has 2 nitrogen and oxygen atoms in total. The molecule has 0 amide bonds. The lowest BCUT2D eigenvalue weighted by molar-refractivity contribution is -0.121. The van der Waals surface area contributed by atoms with E-state index in [0.717, 1.165) is 19.3 Å². The third-order valence-electron chi connectivity index (χ3n) is 4.17. The highest BCUT2D eigenvalue weighted by Gasteiger charge is 2.23. The molecule has 1 fully saturated rings. The second-order valence-corrected chi connectivity index (χ2v) is 5.69. The molecule has 0 spiro atoms. The molecule has 1 aliphatic carbocycles. The molecule has 1 atom stereocenters. The van der Waals surface area contributed by atoms with Gasteiger partial charge in [0.25, 0.3) is 0 Å². The number of benzene rings is 1. The Morgan fingerprint density at radius 1 is 1.16 bits per heavy atom. The largest absolute Gasteiger partial charge is 0.392 e. The summed E-state index contributed by atoms with van der Waals surface area (Å²) < 4.78 is 0. The van der Waals surface area contributed by atoms with E-state index in [-0.39, 0.29) is 5.78 Å². The van der Waals surface area contributed by atoms with Gasteiger partial charge in [-0.2, -0.15) is 0 Å². The molecule has 1 unspecified atom stereocenters. The predicted molar refractivity (Wildman–Crippen MR) is 77.0 cm³/mol. The fourth-order valence-electron chi connectivity index (χ4n) is 2.95. The second kappa shape index (κ2) is 7.44. The van der Waals surface area contributed by atoms with Crippen LogP contribution in [0, 0.1) is 5.92 Å². The maximum absolute atomic E-state index is 11.9. The van der Waals surface area contributed by atoms with Crippen molar-refractivity contribution in [1.82, 2.24) is 0 Å². The topological polar surface area (TPSA) is 37.3 Å². The summed E-state index contributed by atoms with van der Waals surface area (Å²) in [5.74, 6) is 0.552. The molecule has 1 aliphatic rings. The maximum Gasteiger partial charge on any atom is 0.135 e. The average Bonchev–Trinajstić information content (AvgIpc) is 2.47. The summed E-state index contributed by atoms with van der Waals surface area (Å²) in [6, 6.07) is 10.1. The van der Waals surface area contributed by atoms with Crippen LogP contribution >= 0.6 is 0 Å². The zero-order chi connectivity index (χ0) is 13.5. The van der Waals surface area contributed by atoms with Crippen molar-refractivity contribution in [2.24, 2.45) is 5.92 Å². The second-order valence-electron chi connectivity index (χ2n) is 5.69. The van der Waals surface area contributed by atoms with Gasteiger partial charge in [0, 0.05) is 12.8 Å². The average molecular weight is 260 g/mol. The number of ketones is 1. The Labute approximate surface area is 115 Å². The molecule has 19 heavy (non-hydrogen) atoms. The van der Waals surface area contributed by atoms with E-state index in [0.29, 0.717) is 18.8 Å². The molecule has 0 aromatic heterocycles. The van der Waals surface area contributed by atoms with E-state index in [4.69, 9.17) is 0 Å². The summed E-state index contributed by atoms with van der Waals surface area (Å²) in [6.45, 7) is 0. The highest BCUT2D eigenvalue weighted by molar-refractivity contribution is 5.79. The molecule has 0 bridgehead atoms. The van der Waals surface area contributed by atoms with Crippen molar-refractivity contribution in [2.75, 3.05) is 0 Å². The zero-order valence-corrected chi connectivity index (χ0v) is 11.6. The molecule has 2 heteroatoms. The third-order valence-corrected chi connectivity index (χ3v) is 4.17. The van der Waals surface area contributed by atoms with Gasteiger partial charge in [0.1, 0.15) is 5.78 Å². The van der Waals surface area contributed by atoms with Crippen LogP contribution in [-0.4, -0.2) is 17.0 Å². The third kappa shape index (κ3) is 4.79. The molecule has 0 heterocycles. The summed E-state index contributed by atoms with van der Waals surface area (Å²) in [5, 5.41) is 10.1. The zero-order valence-electron chi connectivity index (χ0n) is 11.6. The number of rotatable bonds is 6. The van der Waals surface area contributed by atoms with Gasteiger partial charge in [0.05, 0.1) is 6.10 Å². The number of hydrogen-bond donors (Lipinski definition) is 1. The first-order chi connectivity index (χ1) is 9.25. The van der Waals surface area contributed by atoms with Crippen LogP contribution in [0.2, 0.25) is 0 Å². The van der Waals surface area contributed by atoms with Crippen LogP contribution in [-0.2, 0) is 11.2 Å². The SMILES string of the molecule is O=C(CCc1ccccc1)CC(O)C1CCCCC1. The van der Waals surface area contributed by atoms with Gasteiger partial charge in [-0.15, -0.1) is 0 Å². The first-order valence-corrected chi connectivity index (χ1v) is 7.49. The number of aryl methyl sites for hydroxylation is 1. The normalized spacial score (nSPS) is 18.2. The number of Topliss-reactive ketones (excluding diaryl/α,β-unsaturated/α-hetero) is 1. The summed E-state index contributed by atoms with van der Waals surface area (Å²) in [7, 11) is 0. The summed E-state index contributed by atoms with van der Waals surface area (Å²) in [4.78, 5) is 11.9. The first kappa shape index (κ1) is 14.3. The van der Waals surface area contributed by atoms with E-state index < -0.39 is 6.10 Å². The number of hydrogen-bond acceptors (Lipinski definition) is 2. The van der Waals surface area contributed by atoms with Crippen molar-refractivity contribution < 1.29 is 9.90 Å². The van der Waals surface area contributed by atoms with Crippen molar-refractivity contribution in [3.05, 3.63) is 35.9 Å². The van der Waals surface area contributed by atoms with Crippen LogP contribution in [0.5, 0.6) is 0 Å². The minimum atomic E-state index is -0.413. The van der Waals surface area contributed by atoms with E-state index in [1.54, 1.807) is 0 Å². The molecule has 104 valence electrons. The highest BCUT2D eigenvalue weighted by Crippen LogP contribution is 2.28. The Hall–Kier alpha value is -1.15. The van der Waals surface area contributed by atoms with Crippen molar-refractivity contribution in [3.63, 3.8) is 0 Å². The van der Waals surface area contributed by atoms with Gasteiger partial charge >= 0.3 is 0 Å². The predicted octanol–water partition coefficient (Wildman–Crippen LogP) is 3.52. The summed E-state index contributed by atoms with van der Waals surface area (Å²) >= 11 is 0. The molecular weight excluding hydrogens is 236 g/mol. The van der Waals surface area contributed by atoms with Crippen LogP contribution in [0.25, 0.3) is 0 Å². The van der Waals surface area contributed by atoms with Crippen molar-refractivity contribution in [2.45, 2.75) is 57.5 Å². The molecule has 1 saturated carbocycles. The Kier molecular flexibility index (Phi) is 5.59. The molecule has 0 aliphatic heterocycles. The maximum atomic E-state index is 11.9. The Morgan fingerprint density at radius 3 is 2.53 bits per heavy atom. The van der Waals surface area contributed by atoms with E-state index in [1.165, 1.54) is 24.8 Å². The lowest BCUT2D eigenvalue weighted by Gasteiger charge is -2.26. The van der Waals surface area contributed by atoms with Gasteiger partial charge in [-0.1, -0.05) is 49.6 Å². The van der Waals surface area contributed by atoms with Gasteiger partial charge in [0.2, 0.25) is 0 Å². The minimum Gasteiger partial charge on any atom is -0.392 e. The quantitative estimate of drug-likeness (QED) is 0.849. The molecule has 0 saturated heterocycles. The van der Waals surface area contributed by atoms with Crippen LogP contribution in [0.1, 0.15) is 50.5 Å². The Morgan fingerprint density at radius 2 is 1.84 bits per heavy atom. The van der Waals surface area contributed by atoms with Gasteiger partial charge in [-0.3, -0.25) is 4.79 Å². The van der Waals surface area contributed by atoms with E-state index >= 15 is 0 Å². The number of aliphatic hydroxyl groups excluding tert-OH is 1. The van der Waals surface area contributed by atoms with Gasteiger partial charge in [-0.25, -0.2) is 0 Å². The number of aliphatic hydroxyl groups is 1. The summed E-state index contributed by atoms with van der Waals surface area (Å²) in [5.41, 5.74) is 1.20. The van der Waals surface area contributed by atoms with Crippen molar-refractivity contribution >= 4 is 5.78 Å². The standard InChI is InChI=1S/C17H24O2/c18-16(12-11-14-7-3-1-4-8-14)13-17(19)15-9-5-2-6-10-15/h1,3-4,7-8,15,17,19H,2,5-6,9-13H2. The lowest BCUT2D eigenvalue weighted by atomic mass is 9.83. The first-order valence-electron chi connectivity index (χ1n) is 7.49. The fraction of sp³-hybridized carbons (Fsp3) is 0.588. The van der Waals surface area contributed by atoms with E-state index in [1.807, 2.05) is 30.3 Å². The van der Waals surface area contributed by atoms with Crippen molar-refractivity contribution in [1.29, 1.82) is 0 Å². The lowest BCUT2D eigenvalue weighted by Crippen LogP contribution is -2.25. The molecule has 2 rings (SSSR count).